The predicted octanol–water partition coefficient (Wildman–Crippen LogP) is 2.37. The summed E-state index contributed by atoms with van der Waals surface area (Å²) in [4.78, 5) is 0. The molecule has 0 amide bonds. The van der Waals surface area contributed by atoms with E-state index in [4.69, 9.17) is 4.42 Å². The summed E-state index contributed by atoms with van der Waals surface area (Å²) in [7, 11) is 0. The Bertz CT molecular complexity index is 307. The van der Waals surface area contributed by atoms with Crippen LogP contribution in [0.15, 0.2) is 10.5 Å². The molecule has 1 atom stereocenters. The van der Waals surface area contributed by atoms with Gasteiger partial charge in [-0.2, -0.15) is 0 Å². The molecule has 3 nitrogen and oxygen atoms in total. The van der Waals surface area contributed by atoms with E-state index in [2.05, 4.69) is 30.5 Å². The predicted molar refractivity (Wildman–Crippen MR) is 67.6 cm³/mol. The van der Waals surface area contributed by atoms with Gasteiger partial charge in [-0.05, 0) is 39.8 Å². The van der Waals surface area contributed by atoms with Crippen LogP contribution in [-0.4, -0.2) is 19.1 Å². The Morgan fingerprint density at radius 1 is 1.38 bits per heavy atom. The van der Waals surface area contributed by atoms with Crippen LogP contribution in [0.1, 0.15) is 37.4 Å². The fraction of sp³-hybridized carbons (Fsp3) is 0.692. The summed E-state index contributed by atoms with van der Waals surface area (Å²) in [6.45, 7) is 11.4. The first kappa shape index (κ1) is 13.3. The van der Waals surface area contributed by atoms with Gasteiger partial charge in [0.25, 0.3) is 0 Å². The summed E-state index contributed by atoms with van der Waals surface area (Å²) in [5.41, 5.74) is 1.26. The molecule has 0 fully saturated rings. The van der Waals surface area contributed by atoms with Gasteiger partial charge in [0.15, 0.2) is 0 Å². The summed E-state index contributed by atoms with van der Waals surface area (Å²) in [5, 5.41) is 6.89. The van der Waals surface area contributed by atoms with Gasteiger partial charge in [0.2, 0.25) is 0 Å². The summed E-state index contributed by atoms with van der Waals surface area (Å²) < 4.78 is 5.49. The highest BCUT2D eigenvalue weighted by molar-refractivity contribution is 5.19. The normalized spacial score (nSPS) is 13.0. The van der Waals surface area contributed by atoms with E-state index in [0.717, 1.165) is 31.2 Å². The Morgan fingerprint density at radius 2 is 2.12 bits per heavy atom. The maximum atomic E-state index is 5.49. The van der Waals surface area contributed by atoms with Crippen molar-refractivity contribution in [3.63, 3.8) is 0 Å². The van der Waals surface area contributed by atoms with E-state index in [0.29, 0.717) is 6.04 Å². The van der Waals surface area contributed by atoms with Crippen LogP contribution in [0.4, 0.5) is 0 Å². The minimum absolute atomic E-state index is 0.487. The first-order chi connectivity index (χ1) is 7.63. The van der Waals surface area contributed by atoms with Crippen molar-refractivity contribution < 1.29 is 4.42 Å². The molecule has 92 valence electrons. The zero-order valence-corrected chi connectivity index (χ0v) is 10.9. The van der Waals surface area contributed by atoms with Crippen LogP contribution in [0.2, 0.25) is 0 Å². The SMILES string of the molecule is CCCNCC(C)NCc1cc(C)oc1C. The fourth-order valence-corrected chi connectivity index (χ4v) is 1.71. The van der Waals surface area contributed by atoms with Gasteiger partial charge in [-0.1, -0.05) is 6.92 Å². The topological polar surface area (TPSA) is 37.2 Å². The molecule has 1 heterocycles. The highest BCUT2D eigenvalue weighted by atomic mass is 16.3. The third-order valence-electron chi connectivity index (χ3n) is 2.66. The van der Waals surface area contributed by atoms with Crippen molar-refractivity contribution in [2.45, 2.75) is 46.7 Å². The Morgan fingerprint density at radius 3 is 2.69 bits per heavy atom. The zero-order valence-electron chi connectivity index (χ0n) is 10.9. The monoisotopic (exact) mass is 224 g/mol. The summed E-state index contributed by atoms with van der Waals surface area (Å²) in [5.74, 6) is 2.02. The first-order valence-corrected chi connectivity index (χ1v) is 6.13. The van der Waals surface area contributed by atoms with Crippen LogP contribution in [-0.2, 0) is 6.54 Å². The van der Waals surface area contributed by atoms with Crippen molar-refractivity contribution in [1.29, 1.82) is 0 Å². The molecule has 0 spiro atoms. The number of rotatable bonds is 7. The molecule has 1 aromatic heterocycles. The summed E-state index contributed by atoms with van der Waals surface area (Å²) in [6, 6.07) is 2.59. The van der Waals surface area contributed by atoms with Gasteiger partial charge in [0, 0.05) is 24.7 Å². The Kier molecular flexibility index (Phi) is 5.56. The minimum Gasteiger partial charge on any atom is -0.466 e. The molecule has 0 aliphatic carbocycles. The summed E-state index contributed by atoms with van der Waals surface area (Å²) in [6.07, 6.45) is 1.19. The van der Waals surface area contributed by atoms with E-state index in [1.807, 2.05) is 13.8 Å². The van der Waals surface area contributed by atoms with Crippen LogP contribution in [0.3, 0.4) is 0 Å². The van der Waals surface area contributed by atoms with Gasteiger partial charge < -0.3 is 15.1 Å². The third-order valence-corrected chi connectivity index (χ3v) is 2.66. The number of aryl methyl sites for hydroxylation is 2. The molecule has 1 rings (SSSR count). The molecular weight excluding hydrogens is 200 g/mol. The molecule has 0 aliphatic heterocycles. The van der Waals surface area contributed by atoms with Crippen LogP contribution >= 0.6 is 0 Å². The van der Waals surface area contributed by atoms with Gasteiger partial charge in [-0.25, -0.2) is 0 Å². The Labute approximate surface area is 98.6 Å². The maximum absolute atomic E-state index is 5.49. The number of furan rings is 1. The minimum atomic E-state index is 0.487. The molecule has 0 saturated carbocycles. The van der Waals surface area contributed by atoms with E-state index < -0.39 is 0 Å². The van der Waals surface area contributed by atoms with E-state index in [1.54, 1.807) is 0 Å². The average molecular weight is 224 g/mol. The lowest BCUT2D eigenvalue weighted by Gasteiger charge is -2.13. The van der Waals surface area contributed by atoms with Crippen molar-refractivity contribution in [1.82, 2.24) is 10.6 Å². The lowest BCUT2D eigenvalue weighted by molar-refractivity contribution is 0.483. The molecule has 0 aromatic carbocycles. The van der Waals surface area contributed by atoms with Gasteiger partial charge in [-0.3, -0.25) is 0 Å². The van der Waals surface area contributed by atoms with E-state index in [-0.39, 0.29) is 0 Å². The molecule has 16 heavy (non-hydrogen) atoms. The largest absolute Gasteiger partial charge is 0.466 e. The van der Waals surface area contributed by atoms with Gasteiger partial charge in [-0.15, -0.1) is 0 Å². The van der Waals surface area contributed by atoms with Crippen molar-refractivity contribution in [2.24, 2.45) is 0 Å². The first-order valence-electron chi connectivity index (χ1n) is 6.13. The average Bonchev–Trinajstić information content (AvgIpc) is 2.55. The molecule has 1 aromatic rings. The molecule has 3 heteroatoms. The highest BCUT2D eigenvalue weighted by Gasteiger charge is 2.06. The molecule has 1 unspecified atom stereocenters. The molecule has 2 N–H and O–H groups in total. The third kappa shape index (κ3) is 4.37. The van der Waals surface area contributed by atoms with Crippen molar-refractivity contribution in [3.8, 4) is 0 Å². The smallest absolute Gasteiger partial charge is 0.105 e. The lowest BCUT2D eigenvalue weighted by atomic mass is 10.2. The molecular formula is C13H24N2O. The van der Waals surface area contributed by atoms with E-state index in [1.165, 1.54) is 12.0 Å². The maximum Gasteiger partial charge on any atom is 0.105 e. The second-order valence-corrected chi connectivity index (χ2v) is 4.42. The number of hydrogen-bond donors (Lipinski definition) is 2. The van der Waals surface area contributed by atoms with Gasteiger partial charge in [0.1, 0.15) is 11.5 Å². The summed E-state index contributed by atoms with van der Waals surface area (Å²) >= 11 is 0. The molecule has 0 saturated heterocycles. The van der Waals surface area contributed by atoms with Crippen LogP contribution in [0.5, 0.6) is 0 Å². The standard InChI is InChI=1S/C13H24N2O/c1-5-6-14-8-10(2)15-9-13-7-11(3)16-12(13)4/h7,10,14-15H,5-6,8-9H2,1-4H3. The molecule has 0 radical (unpaired) electrons. The van der Waals surface area contributed by atoms with Crippen LogP contribution in [0, 0.1) is 13.8 Å². The number of nitrogens with one attached hydrogen (secondary N) is 2. The van der Waals surface area contributed by atoms with Crippen molar-refractivity contribution in [3.05, 3.63) is 23.2 Å². The molecule has 0 aliphatic rings. The molecule has 0 bridgehead atoms. The van der Waals surface area contributed by atoms with E-state index in [9.17, 15) is 0 Å². The zero-order chi connectivity index (χ0) is 12.0. The van der Waals surface area contributed by atoms with E-state index >= 15 is 0 Å². The fourth-order valence-electron chi connectivity index (χ4n) is 1.71. The van der Waals surface area contributed by atoms with Gasteiger partial charge >= 0.3 is 0 Å². The van der Waals surface area contributed by atoms with Gasteiger partial charge in [0.05, 0.1) is 0 Å². The highest BCUT2D eigenvalue weighted by Crippen LogP contribution is 2.13. The number of hydrogen-bond acceptors (Lipinski definition) is 3. The van der Waals surface area contributed by atoms with Crippen molar-refractivity contribution >= 4 is 0 Å². The second-order valence-electron chi connectivity index (χ2n) is 4.42. The lowest BCUT2D eigenvalue weighted by Crippen LogP contribution is -2.36. The second kappa shape index (κ2) is 6.71. The van der Waals surface area contributed by atoms with Crippen molar-refractivity contribution in [2.75, 3.05) is 13.1 Å². The Hall–Kier alpha value is -0.800. The Balaban J connectivity index is 2.26. The quantitative estimate of drug-likeness (QED) is 0.698. The van der Waals surface area contributed by atoms with Crippen LogP contribution < -0.4 is 10.6 Å². The van der Waals surface area contributed by atoms with Crippen LogP contribution in [0.25, 0.3) is 0 Å².